The average molecular weight is 463 g/mol. The maximum absolute atomic E-state index is 15.1. The van der Waals surface area contributed by atoms with E-state index < -0.39 is 12.2 Å². The number of benzene rings is 1. The number of halogens is 3. The first kappa shape index (κ1) is 21.4. The third kappa shape index (κ3) is 4.01. The number of hydrogen-bond acceptors (Lipinski definition) is 5. The number of rotatable bonds is 5. The second kappa shape index (κ2) is 8.82. The number of alkyl halides is 2. The van der Waals surface area contributed by atoms with Crippen LogP contribution in [0.15, 0.2) is 24.5 Å². The molecule has 0 unspecified atom stereocenters. The highest BCUT2D eigenvalue weighted by Gasteiger charge is 2.27. The molecule has 10 heteroatoms. The second-order valence-electron chi connectivity index (χ2n) is 8.24. The van der Waals surface area contributed by atoms with Crippen LogP contribution in [0, 0.1) is 5.82 Å². The highest BCUT2D eigenvalue weighted by Crippen LogP contribution is 2.37. The minimum atomic E-state index is -2.75. The number of hydrogen-bond donors (Lipinski definition) is 2. The molecule has 170 valence electrons. The highest BCUT2D eigenvalue weighted by atomic mass is 32.2. The Hall–Kier alpha value is -2.46. The predicted octanol–water partition coefficient (Wildman–Crippen LogP) is 4.82. The van der Waals surface area contributed by atoms with Gasteiger partial charge in [-0.3, -0.25) is 9.36 Å². The molecule has 2 aliphatic rings. The fourth-order valence-corrected chi connectivity index (χ4v) is 5.59. The Kier molecular flexibility index (Phi) is 5.90. The molecule has 5 rings (SSSR count). The molecule has 0 amide bonds. The molecule has 3 aromatic rings. The van der Waals surface area contributed by atoms with Gasteiger partial charge in [-0.2, -0.15) is 22.0 Å². The Labute approximate surface area is 188 Å². The van der Waals surface area contributed by atoms with Crippen LogP contribution in [0.4, 0.5) is 24.7 Å². The molecule has 1 saturated heterocycles. The lowest BCUT2D eigenvalue weighted by molar-refractivity contribution is 0.152. The summed E-state index contributed by atoms with van der Waals surface area (Å²) in [5.74, 6) is 2.14. The van der Waals surface area contributed by atoms with Crippen LogP contribution < -0.4 is 10.6 Å². The molecule has 0 aliphatic carbocycles. The van der Waals surface area contributed by atoms with Crippen molar-refractivity contribution in [3.63, 3.8) is 0 Å². The zero-order chi connectivity index (χ0) is 22.2. The van der Waals surface area contributed by atoms with E-state index in [0.717, 1.165) is 54.6 Å². The SMILES string of the molecule is Cn1cc(-c2cc(F)c(Nc3nn(C4CCSCC4)c4c3CNCC4)cc2C(F)F)cn1. The van der Waals surface area contributed by atoms with Crippen molar-refractivity contribution in [2.24, 2.45) is 7.05 Å². The van der Waals surface area contributed by atoms with Crippen molar-refractivity contribution in [1.82, 2.24) is 24.9 Å². The minimum absolute atomic E-state index is 0.00478. The van der Waals surface area contributed by atoms with Crippen LogP contribution in [0.3, 0.4) is 0 Å². The quantitative estimate of drug-likeness (QED) is 0.570. The van der Waals surface area contributed by atoms with E-state index in [1.807, 2.05) is 11.8 Å². The molecule has 2 aromatic heterocycles. The molecule has 6 nitrogen and oxygen atoms in total. The van der Waals surface area contributed by atoms with E-state index >= 15 is 4.39 Å². The number of nitrogens with zero attached hydrogens (tertiary/aromatic N) is 4. The van der Waals surface area contributed by atoms with Crippen molar-refractivity contribution >= 4 is 23.3 Å². The number of aromatic nitrogens is 4. The Morgan fingerprint density at radius 1 is 1.25 bits per heavy atom. The van der Waals surface area contributed by atoms with Gasteiger partial charge in [-0.05, 0) is 42.0 Å². The monoisotopic (exact) mass is 462 g/mol. The van der Waals surface area contributed by atoms with Gasteiger partial charge in [0, 0.05) is 55.1 Å². The minimum Gasteiger partial charge on any atom is -0.336 e. The van der Waals surface area contributed by atoms with Crippen LogP contribution in [0.2, 0.25) is 0 Å². The summed E-state index contributed by atoms with van der Waals surface area (Å²) < 4.78 is 46.4. The van der Waals surface area contributed by atoms with Gasteiger partial charge in [0.15, 0.2) is 5.82 Å². The fourth-order valence-electron chi connectivity index (χ4n) is 4.51. The van der Waals surface area contributed by atoms with Gasteiger partial charge >= 0.3 is 0 Å². The molecule has 2 N–H and O–H groups in total. The van der Waals surface area contributed by atoms with Gasteiger partial charge in [0.2, 0.25) is 0 Å². The zero-order valence-electron chi connectivity index (χ0n) is 17.7. The first-order chi connectivity index (χ1) is 15.5. The summed E-state index contributed by atoms with van der Waals surface area (Å²) in [6, 6.07) is 2.68. The van der Waals surface area contributed by atoms with E-state index in [1.54, 1.807) is 13.2 Å². The van der Waals surface area contributed by atoms with Crippen molar-refractivity contribution in [2.45, 2.75) is 38.3 Å². The predicted molar refractivity (Wildman–Crippen MR) is 120 cm³/mol. The van der Waals surface area contributed by atoms with Crippen molar-refractivity contribution in [3.05, 3.63) is 47.2 Å². The van der Waals surface area contributed by atoms with Gasteiger partial charge in [-0.1, -0.05) is 0 Å². The van der Waals surface area contributed by atoms with Crippen LogP contribution in [-0.4, -0.2) is 37.6 Å². The lowest BCUT2D eigenvalue weighted by atomic mass is 10.0. The van der Waals surface area contributed by atoms with Crippen molar-refractivity contribution in [3.8, 4) is 11.1 Å². The van der Waals surface area contributed by atoms with Gasteiger partial charge in [-0.15, -0.1) is 0 Å². The van der Waals surface area contributed by atoms with E-state index in [-0.39, 0.29) is 16.8 Å². The highest BCUT2D eigenvalue weighted by molar-refractivity contribution is 7.99. The van der Waals surface area contributed by atoms with Crippen LogP contribution in [0.25, 0.3) is 11.1 Å². The molecule has 1 fully saturated rings. The van der Waals surface area contributed by atoms with Gasteiger partial charge in [0.05, 0.1) is 17.9 Å². The average Bonchev–Trinajstić information content (AvgIpc) is 3.39. The standard InChI is InChI=1S/C22H25F3N6S/c1-30-12-13(10-27-30)15-8-18(23)19(9-16(15)21(24)25)28-22-17-11-26-5-2-20(17)31(29-22)14-3-6-32-7-4-14/h8-10,12,14,21,26H,2-7,11H2,1H3,(H,28,29). The number of nitrogens with one attached hydrogen (secondary N) is 2. The molecule has 0 bridgehead atoms. The summed E-state index contributed by atoms with van der Waals surface area (Å²) in [7, 11) is 1.69. The van der Waals surface area contributed by atoms with E-state index in [4.69, 9.17) is 5.10 Å². The van der Waals surface area contributed by atoms with Gasteiger partial charge in [0.25, 0.3) is 6.43 Å². The molecular formula is C22H25F3N6S. The lowest BCUT2D eigenvalue weighted by Gasteiger charge is -2.25. The molecular weight excluding hydrogens is 437 g/mol. The number of thioether (sulfide) groups is 1. The lowest BCUT2D eigenvalue weighted by Crippen LogP contribution is -2.27. The normalized spacial score (nSPS) is 17.0. The van der Waals surface area contributed by atoms with E-state index in [2.05, 4.69) is 20.4 Å². The van der Waals surface area contributed by atoms with Gasteiger partial charge < -0.3 is 10.6 Å². The molecule has 4 heterocycles. The van der Waals surface area contributed by atoms with E-state index in [0.29, 0.717) is 24.0 Å². The summed E-state index contributed by atoms with van der Waals surface area (Å²) in [5, 5.41) is 15.2. The Bertz CT molecular complexity index is 1120. The van der Waals surface area contributed by atoms with E-state index in [9.17, 15) is 8.78 Å². The second-order valence-corrected chi connectivity index (χ2v) is 9.46. The summed E-state index contributed by atoms with van der Waals surface area (Å²) in [6.45, 7) is 1.49. The Morgan fingerprint density at radius 3 is 2.78 bits per heavy atom. The third-order valence-electron chi connectivity index (χ3n) is 6.14. The third-order valence-corrected chi connectivity index (χ3v) is 7.19. The van der Waals surface area contributed by atoms with Crippen molar-refractivity contribution in [2.75, 3.05) is 23.4 Å². The summed E-state index contributed by atoms with van der Waals surface area (Å²) >= 11 is 1.95. The van der Waals surface area contributed by atoms with Crippen LogP contribution in [0.1, 0.15) is 42.1 Å². The van der Waals surface area contributed by atoms with Crippen LogP contribution in [0.5, 0.6) is 0 Å². The molecule has 0 radical (unpaired) electrons. The molecule has 0 spiro atoms. The molecule has 1 aromatic carbocycles. The summed E-state index contributed by atoms with van der Waals surface area (Å²) in [4.78, 5) is 0. The number of fused-ring (bicyclic) bond motifs is 1. The largest absolute Gasteiger partial charge is 0.336 e. The maximum atomic E-state index is 15.1. The number of anilines is 2. The smallest absolute Gasteiger partial charge is 0.264 e. The summed E-state index contributed by atoms with van der Waals surface area (Å²) in [6.07, 6.45) is 3.25. The Balaban J connectivity index is 1.52. The molecule has 0 saturated carbocycles. The Morgan fingerprint density at radius 2 is 2.06 bits per heavy atom. The first-order valence-corrected chi connectivity index (χ1v) is 11.9. The zero-order valence-corrected chi connectivity index (χ0v) is 18.6. The molecule has 2 aliphatic heterocycles. The van der Waals surface area contributed by atoms with Crippen LogP contribution >= 0.6 is 11.8 Å². The van der Waals surface area contributed by atoms with Gasteiger partial charge in [-0.25, -0.2) is 13.2 Å². The number of aryl methyl sites for hydroxylation is 1. The van der Waals surface area contributed by atoms with Crippen molar-refractivity contribution in [1.29, 1.82) is 0 Å². The topological polar surface area (TPSA) is 59.7 Å². The van der Waals surface area contributed by atoms with E-state index in [1.165, 1.54) is 16.9 Å². The fraction of sp³-hybridized carbons (Fsp3) is 0.455. The van der Waals surface area contributed by atoms with Gasteiger partial charge in [0.1, 0.15) is 5.82 Å². The summed E-state index contributed by atoms with van der Waals surface area (Å²) in [5.41, 5.74) is 2.51. The molecule has 0 atom stereocenters. The first-order valence-electron chi connectivity index (χ1n) is 10.8. The van der Waals surface area contributed by atoms with Crippen LogP contribution in [-0.2, 0) is 20.0 Å². The van der Waals surface area contributed by atoms with Crippen molar-refractivity contribution < 1.29 is 13.2 Å². The molecule has 32 heavy (non-hydrogen) atoms. The maximum Gasteiger partial charge on any atom is 0.264 e.